The van der Waals surface area contributed by atoms with Gasteiger partial charge in [-0.15, -0.1) is 0 Å². The second-order valence-corrected chi connectivity index (χ2v) is 7.63. The maximum atomic E-state index is 12.0. The zero-order valence-corrected chi connectivity index (χ0v) is 15.9. The van der Waals surface area contributed by atoms with Crippen LogP contribution in [0.3, 0.4) is 0 Å². The molecule has 1 aromatic rings. The van der Waals surface area contributed by atoms with Crippen LogP contribution in [-0.4, -0.2) is 36.3 Å². The molecule has 0 radical (unpaired) electrons. The number of benzene rings is 1. The van der Waals surface area contributed by atoms with Gasteiger partial charge in [-0.05, 0) is 18.9 Å². The van der Waals surface area contributed by atoms with Crippen molar-refractivity contribution >= 4 is 25.5 Å². The lowest BCUT2D eigenvalue weighted by Crippen LogP contribution is -2.52. The van der Waals surface area contributed by atoms with E-state index in [9.17, 15) is 28.9 Å². The standard InChI is InChI=1S/C16H24N3O7P/c1-3-13(15(21)22)18-14(20)11(2)19-27(24,25)10-17-16(23)26-9-12-7-5-4-6-8-12/h4-8,11,13H,3,9-10H2,1-2H3,(H,17,23)(H,18,20)(H,21,22)(H2,19,24,25)/p-2/t11-,13-/m0/s1. The lowest BCUT2D eigenvalue weighted by Gasteiger charge is -2.29. The highest BCUT2D eigenvalue weighted by Gasteiger charge is 2.21. The van der Waals surface area contributed by atoms with E-state index >= 15 is 0 Å². The Morgan fingerprint density at radius 3 is 2.41 bits per heavy atom. The molecule has 0 aromatic heterocycles. The van der Waals surface area contributed by atoms with E-state index in [4.69, 9.17) is 4.74 Å². The molecule has 0 fully saturated rings. The van der Waals surface area contributed by atoms with Crippen molar-refractivity contribution in [3.63, 3.8) is 0 Å². The Morgan fingerprint density at radius 2 is 1.85 bits per heavy atom. The third-order valence-electron chi connectivity index (χ3n) is 3.44. The fourth-order valence-electron chi connectivity index (χ4n) is 1.97. The number of carboxylic acid groups (broad SMARTS) is 1. The summed E-state index contributed by atoms with van der Waals surface area (Å²) in [4.78, 5) is 46.2. The topological polar surface area (TPSA) is 160 Å². The first-order valence-electron chi connectivity index (χ1n) is 8.18. The van der Waals surface area contributed by atoms with Crippen molar-refractivity contribution in [3.8, 4) is 0 Å². The minimum absolute atomic E-state index is 0.0241. The number of hydrogen-bond acceptors (Lipinski definition) is 7. The van der Waals surface area contributed by atoms with Crippen LogP contribution in [0.2, 0.25) is 0 Å². The van der Waals surface area contributed by atoms with Gasteiger partial charge in [0.15, 0.2) is 0 Å². The molecule has 3 atom stereocenters. The lowest BCUT2D eigenvalue weighted by atomic mass is 10.2. The molecule has 2 amide bonds. The average Bonchev–Trinajstić information content (AvgIpc) is 2.62. The van der Waals surface area contributed by atoms with E-state index in [2.05, 4.69) is 15.7 Å². The third kappa shape index (κ3) is 8.67. The van der Waals surface area contributed by atoms with E-state index in [1.54, 1.807) is 30.3 Å². The molecule has 0 bridgehead atoms. The minimum atomic E-state index is -4.36. The number of hydrogen-bond donors (Lipinski definition) is 3. The van der Waals surface area contributed by atoms with Gasteiger partial charge in [0.1, 0.15) is 6.61 Å². The predicted octanol–water partition coefficient (Wildman–Crippen LogP) is -0.953. The Bertz CT molecular complexity index is 699. The maximum absolute atomic E-state index is 12.0. The molecule has 0 saturated heterocycles. The Balaban J connectivity index is 2.43. The molecule has 3 N–H and O–H groups in total. The normalized spacial score (nSPS) is 15.1. The minimum Gasteiger partial charge on any atom is -0.787 e. The summed E-state index contributed by atoms with van der Waals surface area (Å²) in [6, 6.07) is 6.36. The van der Waals surface area contributed by atoms with E-state index in [1.165, 1.54) is 13.8 Å². The van der Waals surface area contributed by atoms with Crippen LogP contribution >= 0.6 is 7.52 Å². The Hall–Kier alpha value is -2.42. The number of nitrogens with one attached hydrogen (secondary N) is 3. The Kier molecular flexibility index (Phi) is 8.93. The first kappa shape index (κ1) is 22.6. The van der Waals surface area contributed by atoms with Crippen molar-refractivity contribution in [1.29, 1.82) is 0 Å². The number of carboxylic acids is 1. The summed E-state index contributed by atoms with van der Waals surface area (Å²) in [6.07, 6.45) is -1.63. The van der Waals surface area contributed by atoms with Crippen molar-refractivity contribution in [2.45, 2.75) is 39.0 Å². The van der Waals surface area contributed by atoms with Gasteiger partial charge in [0.25, 0.3) is 0 Å². The summed E-state index contributed by atoms with van der Waals surface area (Å²) in [7, 11) is -4.36. The molecule has 1 aromatic carbocycles. The van der Waals surface area contributed by atoms with Crippen molar-refractivity contribution in [2.75, 3.05) is 6.29 Å². The van der Waals surface area contributed by atoms with Crippen LogP contribution < -0.4 is 25.7 Å². The summed E-state index contributed by atoms with van der Waals surface area (Å²) in [6.45, 7) is 2.75. The summed E-state index contributed by atoms with van der Waals surface area (Å²) in [5.41, 5.74) is 0.736. The van der Waals surface area contributed by atoms with E-state index in [1.807, 2.05) is 0 Å². The van der Waals surface area contributed by atoms with Crippen LogP contribution in [0, 0.1) is 0 Å². The van der Waals surface area contributed by atoms with Gasteiger partial charge in [0.2, 0.25) is 5.91 Å². The molecule has 1 unspecified atom stereocenters. The molecule has 27 heavy (non-hydrogen) atoms. The molecule has 0 aliphatic carbocycles. The first-order chi connectivity index (χ1) is 12.6. The molecule has 0 aliphatic rings. The average molecular weight is 399 g/mol. The summed E-state index contributed by atoms with van der Waals surface area (Å²) in [5.74, 6) is -2.29. The summed E-state index contributed by atoms with van der Waals surface area (Å²) >= 11 is 0. The lowest BCUT2D eigenvalue weighted by molar-refractivity contribution is -0.308. The zero-order chi connectivity index (χ0) is 20.4. The number of amides is 2. The smallest absolute Gasteiger partial charge is 0.407 e. The van der Waals surface area contributed by atoms with Gasteiger partial charge in [-0.3, -0.25) is 9.88 Å². The van der Waals surface area contributed by atoms with Crippen molar-refractivity contribution in [2.24, 2.45) is 0 Å². The van der Waals surface area contributed by atoms with Crippen LogP contribution in [0.25, 0.3) is 0 Å². The number of aliphatic carboxylic acids is 1. The van der Waals surface area contributed by atoms with Gasteiger partial charge in [0, 0.05) is 0 Å². The fourth-order valence-corrected chi connectivity index (χ4v) is 3.10. The maximum Gasteiger partial charge on any atom is 0.407 e. The quantitative estimate of drug-likeness (QED) is 0.424. The number of carbonyl (C=O) groups excluding carboxylic acids is 3. The van der Waals surface area contributed by atoms with E-state index < -0.39 is 43.9 Å². The van der Waals surface area contributed by atoms with Gasteiger partial charge in [-0.25, -0.2) is 4.79 Å². The van der Waals surface area contributed by atoms with Crippen LogP contribution in [-0.2, 0) is 25.5 Å². The molecule has 0 saturated carbocycles. The van der Waals surface area contributed by atoms with Crippen LogP contribution in [0.15, 0.2) is 30.3 Å². The van der Waals surface area contributed by atoms with Crippen molar-refractivity contribution < 1.29 is 33.7 Å². The van der Waals surface area contributed by atoms with Crippen LogP contribution in [0.1, 0.15) is 25.8 Å². The number of rotatable bonds is 10. The molecular formula is C16H22N3O7P-2. The fraction of sp³-hybridized carbons (Fsp3) is 0.438. The highest BCUT2D eigenvalue weighted by atomic mass is 31.2. The number of ether oxygens (including phenoxy) is 1. The molecular weight excluding hydrogens is 377 g/mol. The van der Waals surface area contributed by atoms with Crippen LogP contribution in [0.4, 0.5) is 4.79 Å². The molecule has 1 rings (SSSR count). The summed E-state index contributed by atoms with van der Waals surface area (Å²) in [5, 5.41) is 17.1. The molecule has 10 nitrogen and oxygen atoms in total. The van der Waals surface area contributed by atoms with Gasteiger partial charge >= 0.3 is 6.09 Å². The first-order valence-corrected chi connectivity index (χ1v) is 9.99. The monoisotopic (exact) mass is 399 g/mol. The van der Waals surface area contributed by atoms with Gasteiger partial charge in [-0.1, -0.05) is 37.3 Å². The molecule has 0 aliphatic heterocycles. The van der Waals surface area contributed by atoms with Crippen LogP contribution in [0.5, 0.6) is 0 Å². The zero-order valence-electron chi connectivity index (χ0n) is 15.0. The highest BCUT2D eigenvalue weighted by Crippen LogP contribution is 2.28. The largest absolute Gasteiger partial charge is 0.787 e. The van der Waals surface area contributed by atoms with E-state index in [-0.39, 0.29) is 13.0 Å². The van der Waals surface area contributed by atoms with E-state index in [0.717, 1.165) is 5.56 Å². The van der Waals surface area contributed by atoms with Gasteiger partial charge < -0.3 is 34.7 Å². The predicted molar refractivity (Wildman–Crippen MR) is 92.1 cm³/mol. The molecule has 150 valence electrons. The summed E-state index contributed by atoms with van der Waals surface area (Å²) < 4.78 is 16.8. The molecule has 0 heterocycles. The molecule has 0 spiro atoms. The van der Waals surface area contributed by atoms with Gasteiger partial charge in [-0.2, -0.15) is 0 Å². The van der Waals surface area contributed by atoms with Gasteiger partial charge in [0.05, 0.1) is 31.9 Å². The Morgan fingerprint density at radius 1 is 1.22 bits per heavy atom. The Labute approximate surface area is 156 Å². The SMILES string of the molecule is CC[C@H](NC(=O)[C@H](C)NP(=O)([O-])CNC(=O)OCc1ccccc1)C(=O)[O-]. The third-order valence-corrected chi connectivity index (χ3v) is 4.79. The number of alkyl carbamates (subject to hydrolysis) is 1. The van der Waals surface area contributed by atoms with E-state index in [0.29, 0.717) is 0 Å². The second-order valence-electron chi connectivity index (χ2n) is 5.71. The second kappa shape index (κ2) is 10.7. The molecule has 11 heteroatoms. The highest BCUT2D eigenvalue weighted by molar-refractivity contribution is 7.54. The van der Waals surface area contributed by atoms with Crippen molar-refractivity contribution in [1.82, 2.24) is 15.7 Å². The number of carbonyl (C=O) groups is 3. The van der Waals surface area contributed by atoms with Crippen molar-refractivity contribution in [3.05, 3.63) is 35.9 Å².